The second kappa shape index (κ2) is 10.5. The number of hydrogen-bond acceptors (Lipinski definition) is 7. The first-order chi connectivity index (χ1) is 15.2. The lowest BCUT2D eigenvalue weighted by Gasteiger charge is -2.31. The van der Waals surface area contributed by atoms with Crippen LogP contribution in [0.5, 0.6) is 0 Å². The fourth-order valence-corrected chi connectivity index (χ4v) is 3.47. The van der Waals surface area contributed by atoms with Gasteiger partial charge in [0.05, 0.1) is 6.20 Å². The van der Waals surface area contributed by atoms with Gasteiger partial charge in [-0.2, -0.15) is 5.10 Å². The van der Waals surface area contributed by atoms with E-state index >= 15 is 0 Å². The first-order valence-corrected chi connectivity index (χ1v) is 10.9. The Morgan fingerprint density at radius 1 is 1.28 bits per heavy atom. The van der Waals surface area contributed by atoms with E-state index in [9.17, 15) is 14.4 Å². The highest BCUT2D eigenvalue weighted by Gasteiger charge is 2.28. The number of hydrogen-bond donors (Lipinski definition) is 1. The van der Waals surface area contributed by atoms with Crippen LogP contribution in [-0.4, -0.2) is 51.6 Å². The predicted molar refractivity (Wildman–Crippen MR) is 119 cm³/mol. The molecule has 1 aliphatic rings. The highest BCUT2D eigenvalue weighted by molar-refractivity contribution is 6.24. The van der Waals surface area contributed by atoms with Gasteiger partial charge in [-0.3, -0.25) is 19.2 Å². The number of ether oxygens (including phenoxy) is 1. The molecule has 0 radical (unpaired) electrons. The Labute approximate surface area is 188 Å². The molecule has 0 bridgehead atoms. The molecule has 3 heterocycles. The number of anilines is 1. The Bertz CT molecular complexity index is 964. The molecule has 0 aliphatic carbocycles. The molecule has 3 rings (SSSR count). The molecule has 9 nitrogen and oxygen atoms in total. The number of carbonyl (C=O) groups excluding carboxylic acids is 3. The maximum atomic E-state index is 12.6. The van der Waals surface area contributed by atoms with Crippen molar-refractivity contribution in [2.24, 2.45) is 0 Å². The second-order valence-corrected chi connectivity index (χ2v) is 8.89. The number of carbonyl (C=O) groups is 3. The zero-order valence-corrected chi connectivity index (χ0v) is 19.0. The summed E-state index contributed by atoms with van der Waals surface area (Å²) in [4.78, 5) is 40.4. The Morgan fingerprint density at radius 3 is 2.84 bits per heavy atom. The summed E-state index contributed by atoms with van der Waals surface area (Å²) in [5, 5.41) is 7.50. The Balaban J connectivity index is 1.57. The molecule has 0 saturated heterocycles. The van der Waals surface area contributed by atoms with Crippen LogP contribution in [-0.2, 0) is 40.3 Å². The van der Waals surface area contributed by atoms with Crippen molar-refractivity contribution in [3.63, 3.8) is 0 Å². The molecule has 0 saturated carbocycles. The summed E-state index contributed by atoms with van der Waals surface area (Å²) < 4.78 is 7.40. The highest BCUT2D eigenvalue weighted by atomic mass is 16.6. The average Bonchev–Trinajstić information content (AvgIpc) is 3.21. The minimum absolute atomic E-state index is 0.196. The van der Waals surface area contributed by atoms with Gasteiger partial charge >= 0.3 is 6.09 Å². The number of ketones is 1. The maximum absolute atomic E-state index is 12.6. The van der Waals surface area contributed by atoms with Gasteiger partial charge in [-0.05, 0) is 45.2 Å². The molecule has 2 aromatic rings. The summed E-state index contributed by atoms with van der Waals surface area (Å²) in [5.41, 5.74) is 2.40. The largest absolute Gasteiger partial charge is 0.443 e. The van der Waals surface area contributed by atoms with Crippen LogP contribution < -0.4 is 10.2 Å². The van der Waals surface area contributed by atoms with Gasteiger partial charge in [0.15, 0.2) is 12.1 Å². The highest BCUT2D eigenvalue weighted by Crippen LogP contribution is 2.27. The molecule has 1 amide bonds. The van der Waals surface area contributed by atoms with Gasteiger partial charge < -0.3 is 10.1 Å². The summed E-state index contributed by atoms with van der Waals surface area (Å²) in [7, 11) is 0. The summed E-state index contributed by atoms with van der Waals surface area (Å²) in [6.45, 7) is 7.87. The van der Waals surface area contributed by atoms with Gasteiger partial charge in [0.2, 0.25) is 0 Å². The number of nitrogens with one attached hydrogen (secondary N) is 1. The first-order valence-electron chi connectivity index (χ1n) is 10.9. The zero-order valence-electron chi connectivity index (χ0n) is 19.0. The minimum Gasteiger partial charge on any atom is -0.443 e. The van der Waals surface area contributed by atoms with Crippen molar-refractivity contribution in [3.8, 4) is 0 Å². The quantitative estimate of drug-likeness (QED) is 0.362. The molecule has 0 aromatic carbocycles. The first kappa shape index (κ1) is 23.6. The van der Waals surface area contributed by atoms with Crippen LogP contribution in [0.1, 0.15) is 50.4 Å². The molecule has 32 heavy (non-hydrogen) atoms. The standard InChI is InChI=1S/C23H31N5O4/c1-23(2,3)32-22(31)28-11-4-5-18-6-7-19(26-21(18)28)9-12-27-15-17(14-25-27)13-24-10-8-20(30)16-29/h6-7,14-16,24H,4-5,8-13H2,1-3H3. The number of aromatic nitrogens is 3. The number of aldehydes is 1. The molecule has 0 fully saturated rings. The van der Waals surface area contributed by atoms with E-state index in [1.807, 2.05) is 43.8 Å². The summed E-state index contributed by atoms with van der Waals surface area (Å²) >= 11 is 0. The molecule has 172 valence electrons. The van der Waals surface area contributed by atoms with Crippen molar-refractivity contribution in [1.29, 1.82) is 0 Å². The number of aryl methyl sites for hydroxylation is 3. The molecule has 2 aromatic heterocycles. The number of Topliss-reactive ketones (excluding diaryl/α,β-unsaturated/α-hetero) is 1. The third kappa shape index (κ3) is 6.71. The Morgan fingerprint density at radius 2 is 2.09 bits per heavy atom. The fourth-order valence-electron chi connectivity index (χ4n) is 3.47. The number of nitrogens with zero attached hydrogens (tertiary/aromatic N) is 4. The summed E-state index contributed by atoms with van der Waals surface area (Å²) in [6.07, 6.45) is 6.37. The number of fused-ring (bicyclic) bond motifs is 1. The molecule has 1 aliphatic heterocycles. The Hall–Kier alpha value is -3.07. The van der Waals surface area contributed by atoms with Gasteiger partial charge in [-0.1, -0.05) is 6.07 Å². The topological polar surface area (TPSA) is 106 Å². The van der Waals surface area contributed by atoms with E-state index in [-0.39, 0.29) is 12.5 Å². The van der Waals surface area contributed by atoms with Crippen molar-refractivity contribution >= 4 is 24.0 Å². The second-order valence-electron chi connectivity index (χ2n) is 8.89. The lowest BCUT2D eigenvalue weighted by Crippen LogP contribution is -2.40. The lowest BCUT2D eigenvalue weighted by atomic mass is 10.1. The third-order valence-corrected chi connectivity index (χ3v) is 5.00. The molecular weight excluding hydrogens is 410 g/mol. The van der Waals surface area contributed by atoms with Gasteiger partial charge in [0.25, 0.3) is 0 Å². The van der Waals surface area contributed by atoms with Gasteiger partial charge in [0.1, 0.15) is 11.4 Å². The van der Waals surface area contributed by atoms with Gasteiger partial charge in [-0.15, -0.1) is 0 Å². The van der Waals surface area contributed by atoms with Crippen molar-refractivity contribution < 1.29 is 19.1 Å². The van der Waals surface area contributed by atoms with Gasteiger partial charge in [-0.25, -0.2) is 9.78 Å². The fraction of sp³-hybridized carbons (Fsp3) is 0.522. The van der Waals surface area contributed by atoms with Crippen LogP contribution in [0.4, 0.5) is 10.6 Å². The number of rotatable bonds is 9. The van der Waals surface area contributed by atoms with E-state index in [1.165, 1.54) is 0 Å². The lowest BCUT2D eigenvalue weighted by molar-refractivity contribution is -0.129. The van der Waals surface area contributed by atoms with Crippen LogP contribution in [0.3, 0.4) is 0 Å². The maximum Gasteiger partial charge on any atom is 0.416 e. The summed E-state index contributed by atoms with van der Waals surface area (Å²) in [6, 6.07) is 4.06. The van der Waals surface area contributed by atoms with Gasteiger partial charge in [0, 0.05) is 56.5 Å². The van der Waals surface area contributed by atoms with Crippen molar-refractivity contribution in [2.45, 2.75) is 65.1 Å². The SMILES string of the molecule is CC(C)(C)OC(=O)N1CCCc2ccc(CCn3cc(CNCCC(=O)C=O)cn3)nc21. The monoisotopic (exact) mass is 441 g/mol. The van der Waals surface area contributed by atoms with Crippen LogP contribution in [0.2, 0.25) is 0 Å². The van der Waals surface area contributed by atoms with Crippen LogP contribution in [0.25, 0.3) is 0 Å². The van der Waals surface area contributed by atoms with E-state index < -0.39 is 11.4 Å². The van der Waals surface area contributed by atoms with Crippen molar-refractivity contribution in [3.05, 3.63) is 41.3 Å². The molecular formula is C23H31N5O4. The third-order valence-electron chi connectivity index (χ3n) is 5.00. The minimum atomic E-state index is -0.553. The van der Waals surface area contributed by atoms with Crippen LogP contribution in [0.15, 0.2) is 24.5 Å². The van der Waals surface area contributed by atoms with E-state index in [4.69, 9.17) is 9.72 Å². The molecule has 0 spiro atoms. The van der Waals surface area contributed by atoms with Crippen LogP contribution >= 0.6 is 0 Å². The Kier molecular flexibility index (Phi) is 7.74. The van der Waals surface area contributed by atoms with E-state index in [2.05, 4.69) is 10.4 Å². The predicted octanol–water partition coefficient (Wildman–Crippen LogP) is 2.46. The zero-order chi connectivity index (χ0) is 23.1. The van der Waals surface area contributed by atoms with Crippen molar-refractivity contribution in [2.75, 3.05) is 18.0 Å². The average molecular weight is 442 g/mol. The smallest absolute Gasteiger partial charge is 0.416 e. The summed E-state index contributed by atoms with van der Waals surface area (Å²) in [5.74, 6) is 0.286. The number of amides is 1. The number of pyridine rings is 1. The van der Waals surface area contributed by atoms with E-state index in [0.29, 0.717) is 44.7 Å². The molecule has 0 atom stereocenters. The van der Waals surface area contributed by atoms with E-state index in [0.717, 1.165) is 29.7 Å². The molecule has 9 heteroatoms. The molecule has 0 unspecified atom stereocenters. The normalized spacial score (nSPS) is 13.5. The van der Waals surface area contributed by atoms with Crippen LogP contribution in [0, 0.1) is 0 Å². The van der Waals surface area contributed by atoms with Crippen molar-refractivity contribution in [1.82, 2.24) is 20.1 Å². The molecule has 1 N–H and O–H groups in total. The van der Waals surface area contributed by atoms with E-state index in [1.54, 1.807) is 11.1 Å².